The Morgan fingerprint density at radius 2 is 2.00 bits per heavy atom. The summed E-state index contributed by atoms with van der Waals surface area (Å²) in [4.78, 5) is 5.12. The van der Waals surface area contributed by atoms with Gasteiger partial charge in [-0.3, -0.25) is 0 Å². The molecular formula is C13H17NO5. The van der Waals surface area contributed by atoms with Crippen LogP contribution in [0.15, 0.2) is 35.5 Å². The zero-order valence-corrected chi connectivity index (χ0v) is 10.3. The Labute approximate surface area is 110 Å². The predicted molar refractivity (Wildman–Crippen MR) is 67.5 cm³/mol. The van der Waals surface area contributed by atoms with E-state index in [1.165, 1.54) is 0 Å². The Morgan fingerprint density at radius 3 is 2.68 bits per heavy atom. The fourth-order valence-electron chi connectivity index (χ4n) is 1.78. The fraction of sp³-hybridized carbons (Fsp3) is 0.462. The van der Waals surface area contributed by atoms with Gasteiger partial charge in [-0.15, -0.1) is 0 Å². The number of hydrogen-bond acceptors (Lipinski definition) is 6. The van der Waals surface area contributed by atoms with Gasteiger partial charge < -0.3 is 24.9 Å². The lowest BCUT2D eigenvalue weighted by Crippen LogP contribution is -2.52. The molecule has 0 unspecified atom stereocenters. The largest absolute Gasteiger partial charge is 0.394 e. The minimum absolute atomic E-state index is 0.0260. The smallest absolute Gasteiger partial charge is 0.142 e. The van der Waals surface area contributed by atoms with E-state index >= 15 is 0 Å². The first-order valence-corrected chi connectivity index (χ1v) is 6.03. The molecule has 0 spiro atoms. The van der Waals surface area contributed by atoms with Crippen LogP contribution in [-0.4, -0.2) is 52.6 Å². The molecule has 0 radical (unpaired) electrons. The Hall–Kier alpha value is -1.47. The molecule has 3 atom stereocenters. The van der Waals surface area contributed by atoms with E-state index in [4.69, 9.17) is 14.7 Å². The van der Waals surface area contributed by atoms with Crippen molar-refractivity contribution in [2.75, 3.05) is 13.2 Å². The van der Waals surface area contributed by atoms with Gasteiger partial charge in [-0.25, -0.2) is 0 Å². The molecule has 0 amide bonds. The maximum atomic E-state index is 9.78. The molecule has 6 heteroatoms. The average Bonchev–Trinajstić information content (AvgIpc) is 2.45. The lowest BCUT2D eigenvalue weighted by atomic mass is 10.0. The number of rotatable bonds is 4. The normalized spacial score (nSPS) is 29.4. The summed E-state index contributed by atoms with van der Waals surface area (Å²) in [5.41, 5.74) is 1.17. The Balaban J connectivity index is 1.89. The van der Waals surface area contributed by atoms with Gasteiger partial charge in [0.15, 0.2) is 0 Å². The van der Waals surface area contributed by atoms with E-state index in [0.29, 0.717) is 0 Å². The van der Waals surface area contributed by atoms with Gasteiger partial charge in [0, 0.05) is 0 Å². The fourth-order valence-corrected chi connectivity index (χ4v) is 1.78. The van der Waals surface area contributed by atoms with Gasteiger partial charge in [0.1, 0.15) is 30.6 Å². The van der Waals surface area contributed by atoms with Crippen molar-refractivity contribution in [1.82, 2.24) is 0 Å². The van der Waals surface area contributed by atoms with E-state index in [0.717, 1.165) is 5.56 Å². The summed E-state index contributed by atoms with van der Waals surface area (Å²) in [6, 6.07) is 9.47. The van der Waals surface area contributed by atoms with Crippen LogP contribution in [0.5, 0.6) is 0 Å². The van der Waals surface area contributed by atoms with Gasteiger partial charge in [0.2, 0.25) is 0 Å². The third-order valence-corrected chi connectivity index (χ3v) is 2.93. The molecule has 0 aliphatic carbocycles. The molecule has 1 aromatic carbocycles. The highest BCUT2D eigenvalue weighted by Crippen LogP contribution is 2.13. The third kappa shape index (κ3) is 3.51. The summed E-state index contributed by atoms with van der Waals surface area (Å²) in [5.74, 6) is 0. The molecule has 1 saturated heterocycles. The Kier molecular flexibility index (Phi) is 4.86. The molecule has 1 heterocycles. The van der Waals surface area contributed by atoms with Gasteiger partial charge >= 0.3 is 0 Å². The number of nitrogens with zero attached hydrogens (tertiary/aromatic N) is 1. The van der Waals surface area contributed by atoms with Crippen LogP contribution >= 0.6 is 0 Å². The number of hydrogen-bond donors (Lipinski definition) is 3. The van der Waals surface area contributed by atoms with Crippen LogP contribution in [-0.2, 0) is 16.2 Å². The highest BCUT2D eigenvalue weighted by atomic mass is 16.6. The SMILES string of the molecule is OC[C@H]1OC/C(=N\OCc2ccccc2)[C@@H](O)[C@@H]1O. The standard InChI is InChI=1S/C13H17NO5/c15-6-11-13(17)12(16)10(8-18-11)14-19-7-9-4-2-1-3-5-9/h1-5,11-13,15-17H,6-8H2/b14-10+/t11-,12-,13-/m1/s1. The second-order valence-corrected chi connectivity index (χ2v) is 4.31. The Bertz CT molecular complexity index is 422. The maximum absolute atomic E-state index is 9.78. The molecule has 3 N–H and O–H groups in total. The number of aliphatic hydroxyl groups is 3. The lowest BCUT2D eigenvalue weighted by molar-refractivity contribution is -0.103. The summed E-state index contributed by atoms with van der Waals surface area (Å²) >= 11 is 0. The molecule has 0 bridgehead atoms. The quantitative estimate of drug-likeness (QED) is 0.650. The van der Waals surface area contributed by atoms with Crippen LogP contribution in [0.25, 0.3) is 0 Å². The lowest BCUT2D eigenvalue weighted by Gasteiger charge is -2.31. The molecule has 104 valence electrons. The number of oxime groups is 1. The Morgan fingerprint density at radius 1 is 1.26 bits per heavy atom. The zero-order valence-electron chi connectivity index (χ0n) is 10.3. The first-order valence-electron chi connectivity index (χ1n) is 6.03. The van der Waals surface area contributed by atoms with Gasteiger partial charge in [-0.05, 0) is 5.56 Å². The predicted octanol–water partition coefficient (Wildman–Crippen LogP) is -0.328. The van der Waals surface area contributed by atoms with Crippen LogP contribution in [0, 0.1) is 0 Å². The van der Waals surface area contributed by atoms with Crippen LogP contribution in [0.1, 0.15) is 5.56 Å². The van der Waals surface area contributed by atoms with Gasteiger partial charge in [-0.2, -0.15) is 0 Å². The van der Waals surface area contributed by atoms with Crippen molar-refractivity contribution in [3.8, 4) is 0 Å². The second kappa shape index (κ2) is 6.63. The van der Waals surface area contributed by atoms with E-state index in [9.17, 15) is 10.2 Å². The summed E-state index contributed by atoms with van der Waals surface area (Å²) in [6.45, 7) is -0.0504. The van der Waals surface area contributed by atoms with Gasteiger partial charge in [-0.1, -0.05) is 35.5 Å². The van der Waals surface area contributed by atoms with Crippen LogP contribution in [0.3, 0.4) is 0 Å². The van der Waals surface area contributed by atoms with Crippen LogP contribution in [0.4, 0.5) is 0 Å². The number of ether oxygens (including phenoxy) is 1. The third-order valence-electron chi connectivity index (χ3n) is 2.93. The summed E-state index contributed by atoms with van der Waals surface area (Å²) in [7, 11) is 0. The van der Waals surface area contributed by atoms with Crippen LogP contribution in [0.2, 0.25) is 0 Å². The maximum Gasteiger partial charge on any atom is 0.142 e. The van der Waals surface area contributed by atoms with Crippen molar-refractivity contribution in [2.24, 2.45) is 5.16 Å². The molecule has 2 rings (SSSR count). The molecule has 19 heavy (non-hydrogen) atoms. The molecular weight excluding hydrogens is 250 g/mol. The molecule has 6 nitrogen and oxygen atoms in total. The molecule has 1 aliphatic rings. The van der Waals surface area contributed by atoms with Crippen molar-refractivity contribution in [2.45, 2.75) is 24.9 Å². The number of benzene rings is 1. The minimum atomic E-state index is -1.20. The molecule has 0 saturated carbocycles. The molecule has 1 aromatic rings. The van der Waals surface area contributed by atoms with E-state index in [-0.39, 0.29) is 25.5 Å². The van der Waals surface area contributed by atoms with Gasteiger partial charge in [0.05, 0.1) is 13.2 Å². The van der Waals surface area contributed by atoms with Crippen molar-refractivity contribution in [3.05, 3.63) is 35.9 Å². The van der Waals surface area contributed by atoms with Crippen molar-refractivity contribution < 1.29 is 24.9 Å². The molecule has 1 fully saturated rings. The second-order valence-electron chi connectivity index (χ2n) is 4.31. The van der Waals surface area contributed by atoms with Crippen LogP contribution < -0.4 is 0 Å². The minimum Gasteiger partial charge on any atom is -0.394 e. The number of aliphatic hydroxyl groups excluding tert-OH is 3. The van der Waals surface area contributed by atoms with Gasteiger partial charge in [0.25, 0.3) is 0 Å². The van der Waals surface area contributed by atoms with Crippen molar-refractivity contribution >= 4 is 5.71 Å². The highest BCUT2D eigenvalue weighted by molar-refractivity contribution is 5.90. The molecule has 1 aliphatic heterocycles. The summed E-state index contributed by atoms with van der Waals surface area (Å²) < 4.78 is 5.15. The van der Waals surface area contributed by atoms with E-state index in [2.05, 4.69) is 5.16 Å². The first kappa shape index (κ1) is 14.0. The summed E-state index contributed by atoms with van der Waals surface area (Å²) in [5, 5.41) is 32.1. The highest BCUT2D eigenvalue weighted by Gasteiger charge is 2.35. The van der Waals surface area contributed by atoms with Crippen molar-refractivity contribution in [1.29, 1.82) is 0 Å². The first-order chi connectivity index (χ1) is 9.22. The summed E-state index contributed by atoms with van der Waals surface area (Å²) in [6.07, 6.45) is -3.16. The topological polar surface area (TPSA) is 91.5 Å². The zero-order chi connectivity index (χ0) is 13.7. The monoisotopic (exact) mass is 267 g/mol. The van der Waals surface area contributed by atoms with E-state index < -0.39 is 18.3 Å². The molecule has 0 aromatic heterocycles. The van der Waals surface area contributed by atoms with E-state index in [1.54, 1.807) is 0 Å². The average molecular weight is 267 g/mol. The van der Waals surface area contributed by atoms with E-state index in [1.807, 2.05) is 30.3 Å². The van der Waals surface area contributed by atoms with Crippen molar-refractivity contribution in [3.63, 3.8) is 0 Å².